The summed E-state index contributed by atoms with van der Waals surface area (Å²) in [6, 6.07) is 17.3. The summed E-state index contributed by atoms with van der Waals surface area (Å²) in [5, 5.41) is 12.2. The highest BCUT2D eigenvalue weighted by atomic mass is 16.4. The molecule has 0 heterocycles. The van der Waals surface area contributed by atoms with Crippen LogP contribution in [0, 0.1) is 0 Å². The molecule has 0 aromatic heterocycles. The average molecular weight is 255 g/mol. The maximum absolute atomic E-state index is 10.7. The van der Waals surface area contributed by atoms with E-state index in [1.807, 2.05) is 30.3 Å². The summed E-state index contributed by atoms with van der Waals surface area (Å²) in [5.41, 5.74) is 2.74. The van der Waals surface area contributed by atoms with Gasteiger partial charge in [-0.3, -0.25) is 0 Å². The Bertz CT molecular complexity index is 520. The molecular formula is C16H17NO2. The van der Waals surface area contributed by atoms with Gasteiger partial charge in [0, 0.05) is 6.54 Å². The first-order valence-electron chi connectivity index (χ1n) is 6.32. The van der Waals surface area contributed by atoms with Gasteiger partial charge in [-0.1, -0.05) is 42.5 Å². The SMILES string of the molecule is O=C(O)c1ccc(CNCCc2ccccc2)cc1. The Balaban J connectivity index is 1.75. The van der Waals surface area contributed by atoms with Gasteiger partial charge in [-0.25, -0.2) is 4.79 Å². The Morgan fingerprint density at radius 1 is 0.947 bits per heavy atom. The molecule has 2 aromatic carbocycles. The van der Waals surface area contributed by atoms with E-state index in [9.17, 15) is 4.79 Å². The lowest BCUT2D eigenvalue weighted by Gasteiger charge is -2.05. The Morgan fingerprint density at radius 2 is 1.63 bits per heavy atom. The monoisotopic (exact) mass is 255 g/mol. The largest absolute Gasteiger partial charge is 0.478 e. The van der Waals surface area contributed by atoms with Crippen molar-refractivity contribution in [3.63, 3.8) is 0 Å². The van der Waals surface area contributed by atoms with Gasteiger partial charge in [0.15, 0.2) is 0 Å². The second-order valence-electron chi connectivity index (χ2n) is 4.41. The quantitative estimate of drug-likeness (QED) is 0.780. The van der Waals surface area contributed by atoms with E-state index in [1.54, 1.807) is 12.1 Å². The normalized spacial score (nSPS) is 10.3. The van der Waals surface area contributed by atoms with E-state index in [-0.39, 0.29) is 0 Å². The highest BCUT2D eigenvalue weighted by Gasteiger charge is 2.01. The molecule has 0 saturated carbocycles. The van der Waals surface area contributed by atoms with Crippen molar-refractivity contribution < 1.29 is 9.90 Å². The van der Waals surface area contributed by atoms with Crippen molar-refractivity contribution in [2.45, 2.75) is 13.0 Å². The van der Waals surface area contributed by atoms with Crippen LogP contribution >= 0.6 is 0 Å². The van der Waals surface area contributed by atoms with Crippen LogP contribution in [0.15, 0.2) is 54.6 Å². The molecule has 0 amide bonds. The van der Waals surface area contributed by atoms with Crippen LogP contribution in [-0.2, 0) is 13.0 Å². The zero-order valence-corrected chi connectivity index (χ0v) is 10.7. The van der Waals surface area contributed by atoms with Crippen molar-refractivity contribution in [2.75, 3.05) is 6.54 Å². The molecule has 0 aliphatic carbocycles. The highest BCUT2D eigenvalue weighted by Crippen LogP contribution is 2.04. The third-order valence-electron chi connectivity index (χ3n) is 2.96. The number of hydrogen-bond acceptors (Lipinski definition) is 2. The van der Waals surface area contributed by atoms with Gasteiger partial charge in [0.25, 0.3) is 0 Å². The minimum atomic E-state index is -0.886. The number of aromatic carboxylic acids is 1. The Morgan fingerprint density at radius 3 is 2.26 bits per heavy atom. The number of carboxylic acids is 1. The lowest BCUT2D eigenvalue weighted by molar-refractivity contribution is 0.0697. The fourth-order valence-electron chi connectivity index (χ4n) is 1.88. The van der Waals surface area contributed by atoms with E-state index in [2.05, 4.69) is 17.4 Å². The summed E-state index contributed by atoms with van der Waals surface area (Å²) in [6.07, 6.45) is 0.994. The first-order valence-corrected chi connectivity index (χ1v) is 6.32. The maximum atomic E-state index is 10.7. The van der Waals surface area contributed by atoms with Crippen LogP contribution in [0.3, 0.4) is 0 Å². The molecule has 3 nitrogen and oxygen atoms in total. The molecule has 98 valence electrons. The Hall–Kier alpha value is -2.13. The molecule has 2 rings (SSSR count). The van der Waals surface area contributed by atoms with Gasteiger partial charge in [0.05, 0.1) is 5.56 Å². The number of rotatable bonds is 6. The summed E-state index contributed by atoms with van der Waals surface area (Å²) in [7, 11) is 0. The van der Waals surface area contributed by atoms with Crippen LogP contribution in [0.25, 0.3) is 0 Å². The summed E-state index contributed by atoms with van der Waals surface area (Å²) in [6.45, 7) is 1.66. The first-order chi connectivity index (χ1) is 9.25. The fourth-order valence-corrected chi connectivity index (χ4v) is 1.88. The molecule has 2 N–H and O–H groups in total. The number of carboxylic acid groups (broad SMARTS) is 1. The molecule has 0 bridgehead atoms. The van der Waals surface area contributed by atoms with Crippen molar-refractivity contribution >= 4 is 5.97 Å². The molecule has 0 atom stereocenters. The van der Waals surface area contributed by atoms with Gasteiger partial charge < -0.3 is 10.4 Å². The van der Waals surface area contributed by atoms with Gasteiger partial charge in [-0.05, 0) is 36.2 Å². The summed E-state index contributed by atoms with van der Waals surface area (Å²) in [5.74, 6) is -0.886. The minimum absolute atomic E-state index is 0.327. The van der Waals surface area contributed by atoms with Crippen molar-refractivity contribution in [1.82, 2.24) is 5.32 Å². The second kappa shape index (κ2) is 6.71. The Labute approximate surface area is 112 Å². The zero-order chi connectivity index (χ0) is 13.5. The molecule has 0 spiro atoms. The lowest BCUT2D eigenvalue weighted by Crippen LogP contribution is -2.16. The van der Waals surface area contributed by atoms with Gasteiger partial charge in [-0.2, -0.15) is 0 Å². The average Bonchev–Trinajstić information content (AvgIpc) is 2.45. The Kier molecular flexibility index (Phi) is 4.70. The van der Waals surface area contributed by atoms with Crippen molar-refractivity contribution in [3.05, 3.63) is 71.3 Å². The van der Waals surface area contributed by atoms with Crippen LogP contribution in [0.2, 0.25) is 0 Å². The molecule has 2 aromatic rings. The van der Waals surface area contributed by atoms with Crippen LogP contribution < -0.4 is 5.32 Å². The van der Waals surface area contributed by atoms with Crippen LogP contribution in [-0.4, -0.2) is 17.6 Å². The van der Waals surface area contributed by atoms with E-state index in [4.69, 9.17) is 5.11 Å². The summed E-state index contributed by atoms with van der Waals surface area (Å²) >= 11 is 0. The van der Waals surface area contributed by atoms with Gasteiger partial charge >= 0.3 is 5.97 Å². The molecule has 0 aliphatic heterocycles. The van der Waals surface area contributed by atoms with E-state index in [0.29, 0.717) is 5.56 Å². The summed E-state index contributed by atoms with van der Waals surface area (Å²) < 4.78 is 0. The third-order valence-corrected chi connectivity index (χ3v) is 2.96. The van der Waals surface area contributed by atoms with Gasteiger partial charge in [0.2, 0.25) is 0 Å². The third kappa shape index (κ3) is 4.23. The number of benzene rings is 2. The number of hydrogen-bond donors (Lipinski definition) is 2. The summed E-state index contributed by atoms with van der Waals surface area (Å²) in [4.78, 5) is 10.7. The molecule has 19 heavy (non-hydrogen) atoms. The van der Waals surface area contributed by atoms with Crippen molar-refractivity contribution in [2.24, 2.45) is 0 Å². The standard InChI is InChI=1S/C16H17NO2/c18-16(19)15-8-6-14(7-9-15)12-17-11-10-13-4-2-1-3-5-13/h1-9,17H,10-12H2,(H,18,19). The zero-order valence-electron chi connectivity index (χ0n) is 10.7. The predicted molar refractivity (Wildman–Crippen MR) is 75.3 cm³/mol. The second-order valence-corrected chi connectivity index (χ2v) is 4.41. The molecular weight excluding hydrogens is 238 g/mol. The smallest absolute Gasteiger partial charge is 0.335 e. The highest BCUT2D eigenvalue weighted by molar-refractivity contribution is 5.87. The molecule has 0 radical (unpaired) electrons. The predicted octanol–water partition coefficient (Wildman–Crippen LogP) is 2.72. The topological polar surface area (TPSA) is 49.3 Å². The van der Waals surface area contributed by atoms with Crippen molar-refractivity contribution in [1.29, 1.82) is 0 Å². The lowest BCUT2D eigenvalue weighted by atomic mass is 10.1. The molecule has 0 saturated heterocycles. The molecule has 0 unspecified atom stereocenters. The molecule has 0 fully saturated rings. The van der Waals surface area contributed by atoms with Crippen LogP contribution in [0.5, 0.6) is 0 Å². The number of nitrogens with one attached hydrogen (secondary N) is 1. The van der Waals surface area contributed by atoms with Crippen LogP contribution in [0.4, 0.5) is 0 Å². The van der Waals surface area contributed by atoms with E-state index < -0.39 is 5.97 Å². The maximum Gasteiger partial charge on any atom is 0.335 e. The number of carbonyl (C=O) groups is 1. The van der Waals surface area contributed by atoms with Crippen molar-refractivity contribution in [3.8, 4) is 0 Å². The molecule has 0 aliphatic rings. The van der Waals surface area contributed by atoms with Crippen LogP contribution in [0.1, 0.15) is 21.5 Å². The minimum Gasteiger partial charge on any atom is -0.478 e. The fraction of sp³-hybridized carbons (Fsp3) is 0.188. The molecule has 3 heteroatoms. The van der Waals surface area contributed by atoms with E-state index >= 15 is 0 Å². The van der Waals surface area contributed by atoms with E-state index in [1.165, 1.54) is 5.56 Å². The van der Waals surface area contributed by atoms with Gasteiger partial charge in [0.1, 0.15) is 0 Å². The van der Waals surface area contributed by atoms with Gasteiger partial charge in [-0.15, -0.1) is 0 Å². The first kappa shape index (κ1) is 13.3. The van der Waals surface area contributed by atoms with E-state index in [0.717, 1.165) is 25.1 Å².